The first-order valence-corrected chi connectivity index (χ1v) is 4.52. The zero-order valence-electron chi connectivity index (χ0n) is 7.13. The zero-order chi connectivity index (χ0) is 8.69. The molecule has 0 amide bonds. The van der Waals surface area contributed by atoms with Crippen LogP contribution in [0, 0.1) is 0 Å². The van der Waals surface area contributed by atoms with Crippen LogP contribution in [0.2, 0.25) is 0 Å². The number of rotatable bonds is 5. The molecule has 3 heteroatoms. The van der Waals surface area contributed by atoms with Gasteiger partial charge in [0.2, 0.25) is 0 Å². The molecule has 0 N–H and O–H groups in total. The lowest BCUT2D eigenvalue weighted by molar-refractivity contribution is -0.147. The number of carbonyl (C=O) groups excluding carboxylic acids is 1. The Morgan fingerprint density at radius 3 is 2.55 bits per heavy atom. The Kier molecular flexibility index (Phi) is 6.42. The molecule has 11 heavy (non-hydrogen) atoms. The van der Waals surface area contributed by atoms with E-state index in [4.69, 9.17) is 17.4 Å². The van der Waals surface area contributed by atoms with E-state index in [0.29, 0.717) is 6.42 Å². The van der Waals surface area contributed by atoms with Gasteiger partial charge in [-0.1, -0.05) is 12.6 Å². The van der Waals surface area contributed by atoms with E-state index in [1.54, 1.807) is 0 Å². The molecule has 0 bridgehead atoms. The summed E-state index contributed by atoms with van der Waals surface area (Å²) in [5.41, 5.74) is 0. The molecule has 0 aromatic heterocycles. The monoisotopic (exact) mass is 175 g/mol. The van der Waals surface area contributed by atoms with Crippen molar-refractivity contribution in [2.45, 2.75) is 39.2 Å². The summed E-state index contributed by atoms with van der Waals surface area (Å²) in [6.45, 7) is 3.70. The molecular formula is C8H15O2S. The van der Waals surface area contributed by atoms with Gasteiger partial charge < -0.3 is 4.74 Å². The molecule has 0 heterocycles. The third-order valence-corrected chi connectivity index (χ3v) is 1.43. The van der Waals surface area contributed by atoms with Gasteiger partial charge in [-0.15, -0.1) is 0 Å². The van der Waals surface area contributed by atoms with Crippen LogP contribution < -0.4 is 0 Å². The fraction of sp³-hybridized carbons (Fsp3) is 0.875. The summed E-state index contributed by atoms with van der Waals surface area (Å²) in [6, 6.07) is 0. The van der Waals surface area contributed by atoms with Gasteiger partial charge in [-0.25, -0.2) is 0 Å². The second-order valence-corrected chi connectivity index (χ2v) is 3.11. The van der Waals surface area contributed by atoms with Crippen molar-refractivity contribution < 1.29 is 9.53 Å². The molecule has 0 atom stereocenters. The standard InChI is InChI=1S/C8H15O2S/c1-7(2)10-8(9)5-3-4-6-11/h7H,3-6H2,1-2H3. The van der Waals surface area contributed by atoms with Crippen molar-refractivity contribution in [1.29, 1.82) is 0 Å². The van der Waals surface area contributed by atoms with Crippen LogP contribution in [0.15, 0.2) is 0 Å². The smallest absolute Gasteiger partial charge is 0.306 e. The minimum absolute atomic E-state index is 0.00556. The average Bonchev–Trinajstić information content (AvgIpc) is 1.86. The first-order chi connectivity index (χ1) is 5.16. The Hall–Kier alpha value is -0.180. The quantitative estimate of drug-likeness (QED) is 0.473. The maximum Gasteiger partial charge on any atom is 0.306 e. The maximum absolute atomic E-state index is 10.9. The van der Waals surface area contributed by atoms with E-state index in [-0.39, 0.29) is 12.1 Å². The lowest BCUT2D eigenvalue weighted by Crippen LogP contribution is -2.10. The molecule has 0 saturated heterocycles. The number of hydrogen-bond donors (Lipinski definition) is 0. The van der Waals surface area contributed by atoms with Crippen molar-refractivity contribution in [3.63, 3.8) is 0 Å². The highest BCUT2D eigenvalue weighted by atomic mass is 32.1. The van der Waals surface area contributed by atoms with E-state index >= 15 is 0 Å². The predicted molar refractivity (Wildman–Crippen MR) is 47.5 cm³/mol. The molecule has 1 radical (unpaired) electrons. The normalized spacial score (nSPS) is 10.2. The fourth-order valence-electron chi connectivity index (χ4n) is 0.693. The lowest BCUT2D eigenvalue weighted by atomic mass is 10.2. The van der Waals surface area contributed by atoms with Gasteiger partial charge in [0.05, 0.1) is 6.10 Å². The van der Waals surface area contributed by atoms with Crippen LogP contribution in [0.3, 0.4) is 0 Å². The summed E-state index contributed by atoms with van der Waals surface area (Å²) in [5, 5.41) is 0. The number of carbonyl (C=O) groups is 1. The molecule has 0 rings (SSSR count). The molecule has 0 aromatic rings. The number of esters is 1. The number of unbranched alkanes of at least 4 members (excludes halogenated alkanes) is 1. The van der Waals surface area contributed by atoms with Crippen LogP contribution >= 0.6 is 12.6 Å². The van der Waals surface area contributed by atoms with Gasteiger partial charge >= 0.3 is 5.97 Å². The van der Waals surface area contributed by atoms with Crippen LogP contribution in [-0.4, -0.2) is 17.8 Å². The summed E-state index contributed by atoms with van der Waals surface area (Å²) in [5.74, 6) is 0.623. The molecule has 0 aromatic carbocycles. The Labute approximate surface area is 73.7 Å². The Morgan fingerprint density at radius 2 is 2.09 bits per heavy atom. The largest absolute Gasteiger partial charge is 0.463 e. The molecule has 0 unspecified atom stereocenters. The van der Waals surface area contributed by atoms with Crippen molar-refractivity contribution in [1.82, 2.24) is 0 Å². The predicted octanol–water partition coefficient (Wildman–Crippen LogP) is 2.31. The van der Waals surface area contributed by atoms with E-state index in [1.165, 1.54) is 0 Å². The van der Waals surface area contributed by atoms with Crippen molar-refractivity contribution in [3.05, 3.63) is 0 Å². The third kappa shape index (κ3) is 7.72. The number of ether oxygens (including phenoxy) is 1. The molecule has 65 valence electrons. The van der Waals surface area contributed by atoms with E-state index in [0.717, 1.165) is 18.6 Å². The Balaban J connectivity index is 3.23. The van der Waals surface area contributed by atoms with Crippen molar-refractivity contribution >= 4 is 18.6 Å². The van der Waals surface area contributed by atoms with Gasteiger partial charge in [-0.3, -0.25) is 4.79 Å². The minimum Gasteiger partial charge on any atom is -0.463 e. The highest BCUT2D eigenvalue weighted by Gasteiger charge is 2.03. The summed E-state index contributed by atoms with van der Waals surface area (Å²) < 4.78 is 4.92. The van der Waals surface area contributed by atoms with Gasteiger partial charge in [0.25, 0.3) is 0 Å². The molecule has 0 saturated carbocycles. The zero-order valence-corrected chi connectivity index (χ0v) is 7.95. The van der Waals surface area contributed by atoms with Crippen LogP contribution in [0.1, 0.15) is 33.1 Å². The van der Waals surface area contributed by atoms with E-state index < -0.39 is 0 Å². The summed E-state index contributed by atoms with van der Waals surface area (Å²) in [7, 11) is 0. The Morgan fingerprint density at radius 1 is 1.45 bits per heavy atom. The first kappa shape index (κ1) is 10.8. The van der Waals surface area contributed by atoms with Gasteiger partial charge in [0.1, 0.15) is 0 Å². The molecule has 0 aliphatic heterocycles. The summed E-state index contributed by atoms with van der Waals surface area (Å²) >= 11 is 4.74. The number of hydrogen-bond acceptors (Lipinski definition) is 2. The molecule has 0 spiro atoms. The summed E-state index contributed by atoms with van der Waals surface area (Å²) in [6.07, 6.45) is 2.30. The van der Waals surface area contributed by atoms with Crippen LogP contribution in [-0.2, 0) is 9.53 Å². The lowest BCUT2D eigenvalue weighted by Gasteiger charge is -2.06. The second kappa shape index (κ2) is 6.53. The maximum atomic E-state index is 10.9. The van der Waals surface area contributed by atoms with Crippen LogP contribution in [0.4, 0.5) is 0 Å². The van der Waals surface area contributed by atoms with E-state index in [2.05, 4.69) is 0 Å². The van der Waals surface area contributed by atoms with Gasteiger partial charge in [0.15, 0.2) is 0 Å². The van der Waals surface area contributed by atoms with Crippen LogP contribution in [0.25, 0.3) is 0 Å². The van der Waals surface area contributed by atoms with Crippen LogP contribution in [0.5, 0.6) is 0 Å². The second-order valence-electron chi connectivity index (χ2n) is 2.70. The molecule has 0 aliphatic carbocycles. The van der Waals surface area contributed by atoms with Gasteiger partial charge in [-0.05, 0) is 26.7 Å². The topological polar surface area (TPSA) is 26.3 Å². The highest BCUT2D eigenvalue weighted by Crippen LogP contribution is 2.00. The highest BCUT2D eigenvalue weighted by molar-refractivity contribution is 7.80. The average molecular weight is 175 g/mol. The molecule has 2 nitrogen and oxygen atoms in total. The van der Waals surface area contributed by atoms with Gasteiger partial charge in [0, 0.05) is 12.2 Å². The van der Waals surface area contributed by atoms with Crippen molar-refractivity contribution in [2.24, 2.45) is 0 Å². The fourth-order valence-corrected chi connectivity index (χ4v) is 0.897. The van der Waals surface area contributed by atoms with Gasteiger partial charge in [-0.2, -0.15) is 0 Å². The van der Waals surface area contributed by atoms with Crippen molar-refractivity contribution in [2.75, 3.05) is 5.75 Å². The minimum atomic E-state index is -0.108. The summed E-state index contributed by atoms with van der Waals surface area (Å²) in [4.78, 5) is 10.9. The first-order valence-electron chi connectivity index (χ1n) is 3.94. The third-order valence-electron chi connectivity index (χ3n) is 1.14. The van der Waals surface area contributed by atoms with Crippen molar-refractivity contribution in [3.8, 4) is 0 Å². The molecule has 0 aliphatic rings. The SMILES string of the molecule is CC(C)OC(=O)CCCC[S]. The van der Waals surface area contributed by atoms with E-state index in [9.17, 15) is 4.79 Å². The Bertz CT molecular complexity index is 113. The molecular weight excluding hydrogens is 160 g/mol. The van der Waals surface area contributed by atoms with E-state index in [1.807, 2.05) is 13.8 Å². The molecule has 0 fully saturated rings.